The van der Waals surface area contributed by atoms with E-state index in [0.717, 1.165) is 107 Å². The molecular weight excluding hydrogens is 1110 g/mol. The van der Waals surface area contributed by atoms with Gasteiger partial charge in [0.2, 0.25) is 6.33 Å². The van der Waals surface area contributed by atoms with Crippen LogP contribution in [0.4, 0.5) is 23.2 Å². The van der Waals surface area contributed by atoms with Crippen LogP contribution in [0.2, 0.25) is 0 Å². The Hall–Kier alpha value is -8.03. The maximum Gasteiger partial charge on any atom is 0.241 e. The third-order valence-corrected chi connectivity index (χ3v) is 13.1. The van der Waals surface area contributed by atoms with Gasteiger partial charge in [-0.25, -0.2) is 4.85 Å². The summed E-state index contributed by atoms with van der Waals surface area (Å²) in [6.07, 6.45) is 9.06. The second-order valence-corrected chi connectivity index (χ2v) is 18.8. The normalized spacial score (nSPS) is 11.3. The van der Waals surface area contributed by atoms with Crippen LogP contribution >= 0.6 is 0 Å². The number of imidazole rings is 1. The summed E-state index contributed by atoms with van der Waals surface area (Å²) in [5.41, 5.74) is 13.1. The van der Waals surface area contributed by atoms with Crippen LogP contribution < -0.4 is 4.57 Å². The van der Waals surface area contributed by atoms with Crippen molar-refractivity contribution >= 4 is 38.4 Å². The molecule has 369 valence electrons. The molecule has 0 fully saturated rings. The van der Waals surface area contributed by atoms with Gasteiger partial charge in [0.05, 0.1) is 19.2 Å². The van der Waals surface area contributed by atoms with Crippen molar-refractivity contribution in [3.8, 4) is 61.7 Å². The van der Waals surface area contributed by atoms with E-state index in [-0.39, 0.29) is 54.5 Å². The summed E-state index contributed by atoms with van der Waals surface area (Å²) in [5.74, 6) is -3.00. The Morgan fingerprint density at radius 1 is 0.649 bits per heavy atom. The minimum absolute atomic E-state index is 0. The molecule has 11 aromatic rings. The van der Waals surface area contributed by atoms with Gasteiger partial charge in [0, 0.05) is 72.7 Å². The number of halogens is 4. The summed E-state index contributed by atoms with van der Waals surface area (Å²) in [6.45, 7) is 19.9. The average Bonchev–Trinajstić information content (AvgIpc) is 4.00. The molecular formula is C63H46F4IrN5O-3. The van der Waals surface area contributed by atoms with E-state index < -0.39 is 23.3 Å². The number of aromatic nitrogens is 4. The van der Waals surface area contributed by atoms with Gasteiger partial charge in [0.1, 0.15) is 5.58 Å². The third-order valence-electron chi connectivity index (χ3n) is 13.1. The molecule has 1 radical (unpaired) electrons. The van der Waals surface area contributed by atoms with Crippen molar-refractivity contribution in [1.29, 1.82) is 0 Å². The number of hydrogen-bond acceptors (Lipinski definition) is 3. The van der Waals surface area contributed by atoms with Gasteiger partial charge >= 0.3 is 0 Å². The van der Waals surface area contributed by atoms with E-state index in [0.29, 0.717) is 11.3 Å². The summed E-state index contributed by atoms with van der Waals surface area (Å²) in [7, 11) is 1.94. The van der Waals surface area contributed by atoms with E-state index in [1.807, 2.05) is 77.2 Å². The zero-order valence-electron chi connectivity index (χ0n) is 41.4. The van der Waals surface area contributed by atoms with Crippen LogP contribution in [0.25, 0.3) is 99.3 Å². The molecule has 0 N–H and O–H groups in total. The van der Waals surface area contributed by atoms with Crippen LogP contribution in [0.5, 0.6) is 0 Å². The monoisotopic (exact) mass is 1160 g/mol. The maximum absolute atomic E-state index is 14.9. The van der Waals surface area contributed by atoms with Crippen LogP contribution in [-0.2, 0) is 27.2 Å². The van der Waals surface area contributed by atoms with Crippen LogP contribution in [0, 0.1) is 68.2 Å². The third kappa shape index (κ3) is 9.91. The van der Waals surface area contributed by atoms with E-state index in [4.69, 9.17) is 16.0 Å². The first-order chi connectivity index (χ1) is 35.1. The van der Waals surface area contributed by atoms with Crippen molar-refractivity contribution in [3.63, 3.8) is 0 Å². The second-order valence-electron chi connectivity index (χ2n) is 18.8. The van der Waals surface area contributed by atoms with E-state index in [1.54, 1.807) is 12.1 Å². The van der Waals surface area contributed by atoms with Crippen molar-refractivity contribution < 1.29 is 46.7 Å². The predicted molar refractivity (Wildman–Crippen MR) is 280 cm³/mol. The van der Waals surface area contributed by atoms with Gasteiger partial charge in [0.25, 0.3) is 0 Å². The fraction of sp³-hybridized carbons (Fsp3) is 0.143. The fourth-order valence-corrected chi connectivity index (χ4v) is 9.20. The van der Waals surface area contributed by atoms with Gasteiger partial charge in [-0.2, -0.15) is 0 Å². The molecule has 0 atom stereocenters. The molecule has 7 aromatic carbocycles. The second kappa shape index (κ2) is 20.8. The molecule has 11 heteroatoms. The molecule has 74 heavy (non-hydrogen) atoms. The standard InChI is InChI=1S/C35H27F4N.C28H19N4O.Ir/c1-20(2)29-14-23(22-8-6-5-7-9-22)15-30(21(3)4)35(29)24-16-33(27-12-10-25(36)18-31(27)38)40-34(17-24)28-13-11-26(37)19-32(28)39;1-17-11-26(30-15-18(17)2)25-14-21(32-10-9-31(4)16-32)13-24-23-7-5-19-12-20(29-3)6-8-22(19)27(23)33-28(24)25;/h5-11,14-21H,1-4H3;5-13,15H,1-2,4H3;/q-2;-1;. The molecule has 4 aromatic heterocycles. The first-order valence-corrected chi connectivity index (χ1v) is 23.8. The predicted octanol–water partition coefficient (Wildman–Crippen LogP) is 16.3. The molecule has 0 bridgehead atoms. The van der Waals surface area contributed by atoms with Crippen molar-refractivity contribution in [2.45, 2.75) is 53.4 Å². The number of benzene rings is 7. The maximum atomic E-state index is 14.9. The quantitative estimate of drug-likeness (QED) is 0.0865. The number of furan rings is 1. The topological polar surface area (TPSA) is 52.1 Å². The minimum Gasteiger partial charge on any atom is -0.500 e. The van der Waals surface area contributed by atoms with Gasteiger partial charge in [-0.05, 0) is 98.8 Å². The number of hydrogen-bond donors (Lipinski definition) is 0. The Morgan fingerprint density at radius 3 is 1.85 bits per heavy atom. The van der Waals surface area contributed by atoms with Gasteiger partial charge in [-0.1, -0.05) is 152 Å². The van der Waals surface area contributed by atoms with Gasteiger partial charge < -0.3 is 23.5 Å². The van der Waals surface area contributed by atoms with Crippen molar-refractivity contribution in [2.75, 3.05) is 0 Å². The Morgan fingerprint density at radius 2 is 1.28 bits per heavy atom. The number of nitrogens with zero attached hydrogens (tertiary/aromatic N) is 5. The van der Waals surface area contributed by atoms with Gasteiger partial charge in [-0.3, -0.25) is 17.6 Å². The van der Waals surface area contributed by atoms with Crippen LogP contribution in [-0.4, -0.2) is 14.5 Å². The van der Waals surface area contributed by atoms with Crippen LogP contribution in [0.1, 0.15) is 61.8 Å². The SMILES string of the molecule is CC(C)c1cc(-c2ccccc2)cc(C(C)C)c1-c1cc(-c2[c-]cc(F)cc2F)nc(-c2[c-]cc(F)cc2F)c1.[C-]#[N+]c1ccc2c(ccc3c4cc(-n5[c-][n+](C)cc5)[c-]c(-c5cc(C)c(C)cn5)c4oc23)c1.[Ir]. The number of fused-ring (bicyclic) bond motifs is 5. The van der Waals surface area contributed by atoms with E-state index in [1.165, 1.54) is 5.56 Å². The number of pyridine rings is 2. The summed E-state index contributed by atoms with van der Waals surface area (Å²) in [5, 5.41) is 3.98. The largest absolute Gasteiger partial charge is 0.500 e. The molecule has 0 aliphatic carbocycles. The van der Waals surface area contributed by atoms with E-state index in [2.05, 4.69) is 118 Å². The smallest absolute Gasteiger partial charge is 0.241 e. The fourth-order valence-electron chi connectivity index (χ4n) is 9.20. The first-order valence-electron chi connectivity index (χ1n) is 23.8. The first kappa shape index (κ1) is 50.9. The van der Waals surface area contributed by atoms with E-state index in [9.17, 15) is 17.6 Å². The Kier molecular flexibility index (Phi) is 14.3. The van der Waals surface area contributed by atoms with Crippen LogP contribution in [0.15, 0.2) is 144 Å². The zero-order valence-corrected chi connectivity index (χ0v) is 43.8. The van der Waals surface area contributed by atoms with Crippen molar-refractivity contribution in [1.82, 2.24) is 14.5 Å². The van der Waals surface area contributed by atoms with Crippen molar-refractivity contribution in [3.05, 3.63) is 221 Å². The molecule has 0 unspecified atom stereocenters. The Bertz CT molecular complexity index is 3890. The van der Waals surface area contributed by atoms with Crippen LogP contribution in [0.3, 0.4) is 0 Å². The van der Waals surface area contributed by atoms with Gasteiger partial charge in [0.15, 0.2) is 5.69 Å². The molecule has 6 nitrogen and oxygen atoms in total. The molecule has 0 amide bonds. The van der Waals surface area contributed by atoms with Crippen molar-refractivity contribution in [2.24, 2.45) is 7.05 Å². The summed E-state index contributed by atoms with van der Waals surface area (Å²) in [6, 6.07) is 44.2. The zero-order chi connectivity index (χ0) is 51.2. The molecule has 0 spiro atoms. The average molecular weight is 1160 g/mol. The molecule has 0 saturated heterocycles. The molecule has 0 aliphatic heterocycles. The summed E-state index contributed by atoms with van der Waals surface area (Å²) in [4.78, 5) is 12.8. The minimum atomic E-state index is -0.841. The number of aryl methyl sites for hydroxylation is 3. The van der Waals surface area contributed by atoms with E-state index >= 15 is 0 Å². The molecule has 11 rings (SSSR count). The Labute approximate surface area is 440 Å². The summed E-state index contributed by atoms with van der Waals surface area (Å²) >= 11 is 0. The number of rotatable bonds is 8. The molecule has 0 aliphatic rings. The van der Waals surface area contributed by atoms with Gasteiger partial charge in [-0.15, -0.1) is 36.4 Å². The Balaban J connectivity index is 0.000000182. The summed E-state index contributed by atoms with van der Waals surface area (Å²) < 4.78 is 67.7. The molecule has 0 saturated carbocycles. The molecule has 4 heterocycles.